The molecular weight excluding hydrogens is 280 g/mol. The van der Waals surface area contributed by atoms with Gasteiger partial charge in [-0.05, 0) is 6.42 Å². The lowest BCUT2D eigenvalue weighted by Gasteiger charge is -2.27. The van der Waals surface area contributed by atoms with Crippen LogP contribution in [0.25, 0.3) is 0 Å². The number of nitrogens with two attached hydrogens (primary N) is 1. The molecule has 2 rings (SSSR count). The van der Waals surface area contributed by atoms with Crippen LogP contribution >= 0.6 is 0 Å². The fourth-order valence-electron chi connectivity index (χ4n) is 2.26. The van der Waals surface area contributed by atoms with Crippen molar-refractivity contribution in [1.82, 2.24) is 9.78 Å². The topological polar surface area (TPSA) is 90.5 Å². The van der Waals surface area contributed by atoms with Gasteiger partial charge in [-0.1, -0.05) is 13.3 Å². The van der Waals surface area contributed by atoms with Crippen LogP contribution in [0.3, 0.4) is 0 Å². The molecule has 0 aromatic carbocycles. The van der Waals surface area contributed by atoms with E-state index in [2.05, 4.69) is 12.0 Å². The number of nitrogens with zero attached hydrogens (tertiary/aromatic N) is 3. The Hall–Kier alpha value is -1.28. The molecule has 0 saturated carbocycles. The number of aromatic nitrogens is 2. The second-order valence-electron chi connectivity index (χ2n) is 4.99. The maximum absolute atomic E-state index is 12.0. The van der Waals surface area contributed by atoms with Gasteiger partial charge in [0.2, 0.25) is 0 Å². The number of hydrogen-bond acceptors (Lipinski definition) is 6. The molecule has 0 amide bonds. The average Bonchev–Trinajstić information content (AvgIpc) is 2.74. The third kappa shape index (κ3) is 3.06. The van der Waals surface area contributed by atoms with Gasteiger partial charge in [0.25, 0.3) is 0 Å². The van der Waals surface area contributed by atoms with Crippen molar-refractivity contribution < 1.29 is 13.2 Å². The molecule has 7 nitrogen and oxygen atoms in total. The van der Waals surface area contributed by atoms with Crippen LogP contribution in [0, 0.1) is 0 Å². The van der Waals surface area contributed by atoms with Crippen LogP contribution in [0.2, 0.25) is 0 Å². The largest absolute Gasteiger partial charge is 0.383 e. The fraction of sp³-hybridized carbons (Fsp3) is 0.750. The van der Waals surface area contributed by atoms with Crippen LogP contribution in [-0.4, -0.2) is 50.8 Å². The monoisotopic (exact) mass is 302 g/mol. The average molecular weight is 302 g/mol. The molecule has 0 bridgehead atoms. The van der Waals surface area contributed by atoms with E-state index in [9.17, 15) is 8.42 Å². The van der Waals surface area contributed by atoms with Crippen molar-refractivity contribution in [2.45, 2.75) is 31.2 Å². The Morgan fingerprint density at radius 2 is 2.00 bits per heavy atom. The van der Waals surface area contributed by atoms with E-state index < -0.39 is 9.84 Å². The highest BCUT2D eigenvalue weighted by molar-refractivity contribution is 7.91. The Labute approximate surface area is 119 Å². The summed E-state index contributed by atoms with van der Waals surface area (Å²) in [5.41, 5.74) is 6.00. The number of ether oxygens (including phenoxy) is 1. The van der Waals surface area contributed by atoms with E-state index in [0.717, 1.165) is 12.8 Å². The summed E-state index contributed by atoms with van der Waals surface area (Å²) in [5, 5.41) is 4.42. The van der Waals surface area contributed by atoms with E-state index in [1.54, 1.807) is 4.68 Å². The third-order valence-electron chi connectivity index (χ3n) is 3.33. The Bertz CT molecular complexity index is 562. The zero-order valence-corrected chi connectivity index (χ0v) is 12.8. The first-order valence-corrected chi connectivity index (χ1v) is 8.73. The van der Waals surface area contributed by atoms with Crippen molar-refractivity contribution in [2.75, 3.05) is 43.2 Å². The van der Waals surface area contributed by atoms with Crippen LogP contribution in [0.5, 0.6) is 0 Å². The van der Waals surface area contributed by atoms with Crippen LogP contribution in [0.15, 0.2) is 4.90 Å². The zero-order valence-electron chi connectivity index (χ0n) is 12.0. The normalized spacial score (nSPS) is 16.6. The highest BCUT2D eigenvalue weighted by atomic mass is 32.2. The number of nitrogen functional groups attached to an aromatic ring is 1. The van der Waals surface area contributed by atoms with E-state index in [-0.39, 0.29) is 10.7 Å². The van der Waals surface area contributed by atoms with E-state index >= 15 is 0 Å². The summed E-state index contributed by atoms with van der Waals surface area (Å²) >= 11 is 0. The second kappa shape index (κ2) is 6.01. The molecule has 2 N–H and O–H groups in total. The highest BCUT2D eigenvalue weighted by Crippen LogP contribution is 2.30. The molecular formula is C12H22N4O3S. The number of hydrogen-bond donors (Lipinski definition) is 1. The first kappa shape index (κ1) is 15.1. The lowest BCUT2D eigenvalue weighted by Crippen LogP contribution is -2.37. The summed E-state index contributed by atoms with van der Waals surface area (Å²) < 4.78 is 30.9. The molecule has 0 radical (unpaired) electrons. The molecule has 1 aromatic heterocycles. The van der Waals surface area contributed by atoms with Gasteiger partial charge in [-0.25, -0.2) is 13.1 Å². The highest BCUT2D eigenvalue weighted by Gasteiger charge is 2.28. The second-order valence-corrected chi connectivity index (χ2v) is 6.94. The van der Waals surface area contributed by atoms with Crippen molar-refractivity contribution in [3.8, 4) is 0 Å². The van der Waals surface area contributed by atoms with E-state index in [0.29, 0.717) is 38.7 Å². The standard InChI is InChI=1S/C12H22N4O3S/c1-3-4-5-16-11(13)10(20(2,17)18)12(14-16)15-6-8-19-9-7-15/h3-9,13H2,1-2H3. The summed E-state index contributed by atoms with van der Waals surface area (Å²) in [6, 6.07) is 0. The summed E-state index contributed by atoms with van der Waals surface area (Å²) in [6.45, 7) is 5.12. The van der Waals surface area contributed by atoms with Crippen molar-refractivity contribution in [2.24, 2.45) is 0 Å². The van der Waals surface area contributed by atoms with Gasteiger partial charge in [0.05, 0.1) is 13.2 Å². The lowest BCUT2D eigenvalue weighted by atomic mass is 10.3. The minimum absolute atomic E-state index is 0.149. The number of anilines is 2. The maximum Gasteiger partial charge on any atom is 0.182 e. The summed E-state index contributed by atoms with van der Waals surface area (Å²) in [6.07, 6.45) is 3.09. The minimum Gasteiger partial charge on any atom is -0.383 e. The van der Waals surface area contributed by atoms with Crippen molar-refractivity contribution in [1.29, 1.82) is 0 Å². The summed E-state index contributed by atoms with van der Waals surface area (Å²) in [5.74, 6) is 0.701. The van der Waals surface area contributed by atoms with Crippen LogP contribution in [-0.2, 0) is 21.1 Å². The number of unbranched alkanes of at least 4 members (excludes halogenated alkanes) is 1. The van der Waals surface area contributed by atoms with Crippen molar-refractivity contribution in [3.63, 3.8) is 0 Å². The molecule has 1 aliphatic rings. The number of aryl methyl sites for hydroxylation is 1. The molecule has 0 atom stereocenters. The predicted molar refractivity (Wildman–Crippen MR) is 77.7 cm³/mol. The van der Waals surface area contributed by atoms with Gasteiger partial charge >= 0.3 is 0 Å². The van der Waals surface area contributed by atoms with Crippen molar-refractivity contribution in [3.05, 3.63) is 0 Å². The lowest BCUT2D eigenvalue weighted by molar-refractivity contribution is 0.122. The minimum atomic E-state index is -3.41. The molecule has 20 heavy (non-hydrogen) atoms. The van der Waals surface area contributed by atoms with E-state index in [4.69, 9.17) is 10.5 Å². The number of morpholine rings is 1. The third-order valence-corrected chi connectivity index (χ3v) is 4.47. The molecule has 0 spiro atoms. The van der Waals surface area contributed by atoms with Crippen molar-refractivity contribution >= 4 is 21.5 Å². The van der Waals surface area contributed by atoms with E-state index in [1.807, 2.05) is 4.90 Å². The first-order chi connectivity index (χ1) is 9.45. The predicted octanol–water partition coefficient (Wildman–Crippen LogP) is 0.506. The molecule has 1 aromatic rings. The smallest absolute Gasteiger partial charge is 0.182 e. The Morgan fingerprint density at radius 3 is 2.55 bits per heavy atom. The van der Waals surface area contributed by atoms with Gasteiger partial charge in [-0.2, -0.15) is 5.10 Å². The SMILES string of the molecule is CCCCn1nc(N2CCOCC2)c(S(C)(=O)=O)c1N. The Morgan fingerprint density at radius 1 is 1.35 bits per heavy atom. The van der Waals surface area contributed by atoms with Gasteiger partial charge in [-0.15, -0.1) is 0 Å². The molecule has 8 heteroatoms. The van der Waals surface area contributed by atoms with E-state index in [1.165, 1.54) is 6.26 Å². The molecule has 0 aliphatic carbocycles. The molecule has 2 heterocycles. The fourth-order valence-corrected chi connectivity index (χ4v) is 3.25. The molecule has 1 fully saturated rings. The van der Waals surface area contributed by atoms with Gasteiger partial charge in [-0.3, -0.25) is 0 Å². The Balaban J connectivity index is 2.42. The Kier molecular flexibility index (Phi) is 4.54. The summed E-state index contributed by atoms with van der Waals surface area (Å²) in [7, 11) is -3.41. The molecule has 114 valence electrons. The van der Waals surface area contributed by atoms with Crippen LogP contribution in [0.4, 0.5) is 11.6 Å². The zero-order chi connectivity index (χ0) is 14.8. The number of sulfone groups is 1. The van der Waals surface area contributed by atoms with Gasteiger partial charge in [0.15, 0.2) is 20.6 Å². The molecule has 0 unspecified atom stereocenters. The van der Waals surface area contributed by atoms with Gasteiger partial charge in [0.1, 0.15) is 5.82 Å². The quantitative estimate of drug-likeness (QED) is 0.852. The number of rotatable bonds is 5. The van der Waals surface area contributed by atoms with Gasteiger partial charge < -0.3 is 15.4 Å². The van der Waals surface area contributed by atoms with Crippen LogP contribution < -0.4 is 10.6 Å². The first-order valence-electron chi connectivity index (χ1n) is 6.84. The van der Waals surface area contributed by atoms with Crippen LogP contribution in [0.1, 0.15) is 19.8 Å². The summed E-state index contributed by atoms with van der Waals surface area (Å²) in [4.78, 5) is 2.08. The maximum atomic E-state index is 12.0. The van der Waals surface area contributed by atoms with Gasteiger partial charge in [0, 0.05) is 25.9 Å². The molecule has 1 aliphatic heterocycles. The molecule has 1 saturated heterocycles.